The zero-order chi connectivity index (χ0) is 20.7. The lowest BCUT2D eigenvalue weighted by Crippen LogP contribution is -2.49. The van der Waals surface area contributed by atoms with E-state index < -0.39 is 6.04 Å². The minimum atomic E-state index is -0.594. The summed E-state index contributed by atoms with van der Waals surface area (Å²) in [6.45, 7) is 8.04. The van der Waals surface area contributed by atoms with Crippen molar-refractivity contribution < 1.29 is 9.59 Å². The molecule has 0 heterocycles. The normalized spacial score (nSPS) is 12.9. The fourth-order valence-corrected chi connectivity index (χ4v) is 3.04. The topological polar surface area (TPSA) is 49.4 Å². The lowest BCUT2D eigenvalue weighted by molar-refractivity contribution is -0.140. The van der Waals surface area contributed by atoms with Gasteiger partial charge < -0.3 is 10.2 Å². The van der Waals surface area contributed by atoms with E-state index in [1.165, 1.54) is 0 Å². The maximum absolute atomic E-state index is 13.1. The molecule has 0 unspecified atom stereocenters. The van der Waals surface area contributed by atoms with Crippen LogP contribution >= 0.6 is 11.6 Å². The molecule has 150 valence electrons. The molecule has 0 bridgehead atoms. The Kier molecular flexibility index (Phi) is 8.06. The zero-order valence-electron chi connectivity index (χ0n) is 17.0. The number of nitrogens with zero attached hydrogens (tertiary/aromatic N) is 1. The highest BCUT2D eigenvalue weighted by Gasteiger charge is 2.27. The van der Waals surface area contributed by atoms with E-state index in [-0.39, 0.29) is 24.3 Å². The predicted molar refractivity (Wildman–Crippen MR) is 114 cm³/mol. The van der Waals surface area contributed by atoms with Crippen molar-refractivity contribution >= 4 is 23.4 Å². The van der Waals surface area contributed by atoms with Crippen molar-refractivity contribution in [2.45, 2.75) is 59.2 Å². The van der Waals surface area contributed by atoms with E-state index in [1.807, 2.05) is 63.2 Å². The number of rotatable bonds is 8. The van der Waals surface area contributed by atoms with Crippen LogP contribution < -0.4 is 5.32 Å². The largest absolute Gasteiger partial charge is 0.352 e. The molecule has 4 nitrogen and oxygen atoms in total. The summed E-state index contributed by atoms with van der Waals surface area (Å²) in [6.07, 6.45) is 1.08. The summed E-state index contributed by atoms with van der Waals surface area (Å²) in [5.74, 6) is -0.255. The molecular formula is C23H29ClN2O2. The highest BCUT2D eigenvalue weighted by molar-refractivity contribution is 6.31. The van der Waals surface area contributed by atoms with Crippen LogP contribution in [0.1, 0.15) is 43.9 Å². The molecule has 0 spiro atoms. The Balaban J connectivity index is 2.23. The van der Waals surface area contributed by atoms with E-state index in [4.69, 9.17) is 11.6 Å². The van der Waals surface area contributed by atoms with Gasteiger partial charge in [0.2, 0.25) is 11.8 Å². The van der Waals surface area contributed by atoms with Crippen molar-refractivity contribution in [2.75, 3.05) is 0 Å². The van der Waals surface area contributed by atoms with E-state index in [9.17, 15) is 9.59 Å². The first kappa shape index (κ1) is 22.0. The van der Waals surface area contributed by atoms with Crippen molar-refractivity contribution in [3.05, 3.63) is 70.2 Å². The fourth-order valence-electron chi connectivity index (χ4n) is 2.84. The smallest absolute Gasteiger partial charge is 0.242 e. The van der Waals surface area contributed by atoms with Gasteiger partial charge in [-0.2, -0.15) is 0 Å². The van der Waals surface area contributed by atoms with Gasteiger partial charge in [0.1, 0.15) is 6.04 Å². The number of hydrogen-bond donors (Lipinski definition) is 1. The molecule has 0 aromatic heterocycles. The number of carbonyl (C=O) groups is 2. The minimum Gasteiger partial charge on any atom is -0.352 e. The number of aryl methyl sites for hydroxylation is 1. The molecule has 0 aliphatic rings. The molecule has 2 aromatic carbocycles. The van der Waals surface area contributed by atoms with Gasteiger partial charge in [0.15, 0.2) is 0 Å². The van der Waals surface area contributed by atoms with Crippen molar-refractivity contribution in [3.8, 4) is 0 Å². The van der Waals surface area contributed by atoms with Gasteiger partial charge in [0.25, 0.3) is 0 Å². The third-order valence-electron chi connectivity index (χ3n) is 4.94. The summed E-state index contributed by atoms with van der Waals surface area (Å²) >= 11 is 6.30. The quantitative estimate of drug-likeness (QED) is 0.708. The first-order valence-corrected chi connectivity index (χ1v) is 10.1. The fraction of sp³-hybridized carbons (Fsp3) is 0.391. The third-order valence-corrected chi connectivity index (χ3v) is 5.31. The highest BCUT2D eigenvalue weighted by Crippen LogP contribution is 2.19. The van der Waals surface area contributed by atoms with Crippen LogP contribution in [0, 0.1) is 6.92 Å². The van der Waals surface area contributed by atoms with Crippen molar-refractivity contribution in [2.24, 2.45) is 0 Å². The lowest BCUT2D eigenvalue weighted by Gasteiger charge is -2.30. The first-order valence-electron chi connectivity index (χ1n) is 9.70. The van der Waals surface area contributed by atoms with Gasteiger partial charge in [-0.05, 0) is 44.4 Å². The number of amides is 2. The molecular weight excluding hydrogens is 372 g/mol. The number of benzene rings is 2. The number of nitrogens with one attached hydrogen (secondary N) is 1. The second-order valence-electron chi connectivity index (χ2n) is 7.27. The summed E-state index contributed by atoms with van der Waals surface area (Å²) in [5, 5.41) is 3.56. The van der Waals surface area contributed by atoms with Crippen LogP contribution in [-0.4, -0.2) is 28.8 Å². The van der Waals surface area contributed by atoms with Gasteiger partial charge in [-0.25, -0.2) is 0 Å². The molecule has 2 amide bonds. The van der Waals surface area contributed by atoms with Crippen LogP contribution in [0.5, 0.6) is 0 Å². The van der Waals surface area contributed by atoms with Crippen molar-refractivity contribution in [1.82, 2.24) is 10.2 Å². The zero-order valence-corrected chi connectivity index (χ0v) is 17.8. The number of halogens is 1. The van der Waals surface area contributed by atoms with Crippen LogP contribution in [0.3, 0.4) is 0 Å². The minimum absolute atomic E-state index is 0.0595. The molecule has 5 heteroatoms. The standard InChI is InChI=1S/C23H29ClN2O2/c1-5-17(3)25-23(28)18(4)26(15-20-8-6-7-9-21(20)24)22(27)14-19-12-10-16(2)11-13-19/h6-13,17-18H,5,14-15H2,1-4H3,(H,25,28)/t17-,18+/m1/s1. The van der Waals surface area contributed by atoms with E-state index in [0.29, 0.717) is 11.6 Å². The Morgan fingerprint density at radius 3 is 2.32 bits per heavy atom. The highest BCUT2D eigenvalue weighted by atomic mass is 35.5. The first-order chi connectivity index (χ1) is 13.3. The Morgan fingerprint density at radius 2 is 1.71 bits per heavy atom. The monoisotopic (exact) mass is 400 g/mol. The van der Waals surface area contributed by atoms with Crippen LogP contribution in [0.25, 0.3) is 0 Å². The predicted octanol–water partition coefficient (Wildman–Crippen LogP) is 4.52. The third kappa shape index (κ3) is 6.10. The van der Waals surface area contributed by atoms with Crippen LogP contribution in [0.4, 0.5) is 0 Å². The molecule has 0 aliphatic carbocycles. The van der Waals surface area contributed by atoms with Crippen LogP contribution in [-0.2, 0) is 22.6 Å². The van der Waals surface area contributed by atoms with Crippen LogP contribution in [0.15, 0.2) is 48.5 Å². The Bertz CT molecular complexity index is 805. The maximum atomic E-state index is 13.1. The van der Waals surface area contributed by atoms with E-state index in [1.54, 1.807) is 17.9 Å². The van der Waals surface area contributed by atoms with Gasteiger partial charge in [-0.3, -0.25) is 9.59 Å². The second-order valence-corrected chi connectivity index (χ2v) is 7.68. The summed E-state index contributed by atoms with van der Waals surface area (Å²) in [7, 11) is 0. The Labute approximate surface area is 172 Å². The Hall–Kier alpha value is -2.33. The molecule has 0 saturated carbocycles. The van der Waals surface area contributed by atoms with Crippen molar-refractivity contribution in [3.63, 3.8) is 0 Å². The second kappa shape index (κ2) is 10.3. The average molecular weight is 401 g/mol. The van der Waals surface area contributed by atoms with Gasteiger partial charge in [-0.1, -0.05) is 66.6 Å². The molecule has 0 radical (unpaired) electrons. The number of carbonyl (C=O) groups excluding carboxylic acids is 2. The van der Waals surface area contributed by atoms with Gasteiger partial charge in [0, 0.05) is 17.6 Å². The molecule has 1 N–H and O–H groups in total. The molecule has 0 fully saturated rings. The van der Waals surface area contributed by atoms with E-state index in [0.717, 1.165) is 23.1 Å². The van der Waals surface area contributed by atoms with Gasteiger partial charge in [0.05, 0.1) is 6.42 Å². The number of hydrogen-bond acceptors (Lipinski definition) is 2. The average Bonchev–Trinajstić information content (AvgIpc) is 2.68. The van der Waals surface area contributed by atoms with Gasteiger partial charge in [-0.15, -0.1) is 0 Å². The Morgan fingerprint density at radius 1 is 1.07 bits per heavy atom. The molecule has 2 atom stereocenters. The summed E-state index contributed by atoms with van der Waals surface area (Å²) in [4.78, 5) is 27.4. The SMILES string of the molecule is CC[C@@H](C)NC(=O)[C@H](C)N(Cc1ccccc1Cl)C(=O)Cc1ccc(C)cc1. The van der Waals surface area contributed by atoms with Crippen molar-refractivity contribution in [1.29, 1.82) is 0 Å². The van der Waals surface area contributed by atoms with E-state index in [2.05, 4.69) is 5.32 Å². The van der Waals surface area contributed by atoms with Crippen LogP contribution in [0.2, 0.25) is 5.02 Å². The van der Waals surface area contributed by atoms with E-state index >= 15 is 0 Å². The maximum Gasteiger partial charge on any atom is 0.242 e. The molecule has 28 heavy (non-hydrogen) atoms. The summed E-state index contributed by atoms with van der Waals surface area (Å²) < 4.78 is 0. The molecule has 0 saturated heterocycles. The molecule has 2 aromatic rings. The van der Waals surface area contributed by atoms with Gasteiger partial charge >= 0.3 is 0 Å². The summed E-state index contributed by atoms with van der Waals surface area (Å²) in [5.41, 5.74) is 2.89. The molecule has 2 rings (SSSR count). The molecule has 0 aliphatic heterocycles. The lowest BCUT2D eigenvalue weighted by atomic mass is 10.1. The summed E-state index contributed by atoms with van der Waals surface area (Å²) in [6, 6.07) is 14.7.